The lowest BCUT2D eigenvalue weighted by Gasteiger charge is -2.32. The van der Waals surface area contributed by atoms with Crippen molar-refractivity contribution in [1.82, 2.24) is 10.2 Å². The van der Waals surface area contributed by atoms with E-state index in [2.05, 4.69) is 19.2 Å². The molecule has 0 unspecified atom stereocenters. The van der Waals surface area contributed by atoms with Crippen LogP contribution in [-0.2, 0) is 9.59 Å². The predicted octanol–water partition coefficient (Wildman–Crippen LogP) is 1.80. The van der Waals surface area contributed by atoms with Crippen LogP contribution in [0.1, 0.15) is 46.5 Å². The topological polar surface area (TPSA) is 49.4 Å². The van der Waals surface area contributed by atoms with E-state index >= 15 is 0 Å². The third kappa shape index (κ3) is 5.07. The highest BCUT2D eigenvalue weighted by Crippen LogP contribution is 2.21. The minimum absolute atomic E-state index is 0.143. The Hall–Kier alpha value is -1.06. The summed E-state index contributed by atoms with van der Waals surface area (Å²) in [5, 5.41) is 2.83. The zero-order valence-corrected chi connectivity index (χ0v) is 11.9. The molecule has 4 heteroatoms. The third-order valence-corrected chi connectivity index (χ3v) is 3.40. The average Bonchev–Trinajstić information content (AvgIpc) is 2.29. The molecule has 1 saturated heterocycles. The van der Waals surface area contributed by atoms with E-state index in [1.54, 1.807) is 0 Å². The van der Waals surface area contributed by atoms with Gasteiger partial charge in [0, 0.05) is 32.5 Å². The molecule has 0 radical (unpaired) electrons. The molecular formula is C14H26N2O2. The summed E-state index contributed by atoms with van der Waals surface area (Å²) in [4.78, 5) is 25.3. The van der Waals surface area contributed by atoms with E-state index in [1.165, 1.54) is 0 Å². The molecule has 1 rings (SSSR count). The molecule has 1 heterocycles. The van der Waals surface area contributed by atoms with Crippen molar-refractivity contribution in [1.29, 1.82) is 0 Å². The quantitative estimate of drug-likeness (QED) is 0.813. The van der Waals surface area contributed by atoms with E-state index in [-0.39, 0.29) is 11.8 Å². The first-order valence-corrected chi connectivity index (χ1v) is 7.07. The molecule has 0 spiro atoms. The Morgan fingerprint density at radius 1 is 1.28 bits per heavy atom. The van der Waals surface area contributed by atoms with Crippen LogP contribution in [0.2, 0.25) is 0 Å². The van der Waals surface area contributed by atoms with Crippen LogP contribution in [-0.4, -0.2) is 36.3 Å². The molecular weight excluding hydrogens is 228 g/mol. The van der Waals surface area contributed by atoms with E-state index in [0.29, 0.717) is 31.2 Å². The Bertz CT molecular complexity index is 282. The maximum absolute atomic E-state index is 11.9. The fraction of sp³-hybridized carbons (Fsp3) is 0.857. The molecule has 1 aliphatic heterocycles. The van der Waals surface area contributed by atoms with E-state index in [0.717, 1.165) is 25.9 Å². The van der Waals surface area contributed by atoms with Crippen molar-refractivity contribution in [2.24, 2.45) is 11.8 Å². The second-order valence-electron chi connectivity index (χ2n) is 5.58. The summed E-state index contributed by atoms with van der Waals surface area (Å²) in [6.45, 7) is 8.40. The highest BCUT2D eigenvalue weighted by molar-refractivity contribution is 5.77. The Labute approximate surface area is 110 Å². The largest absolute Gasteiger partial charge is 0.356 e. The summed E-state index contributed by atoms with van der Waals surface area (Å²) < 4.78 is 0. The van der Waals surface area contributed by atoms with Crippen LogP contribution in [0.5, 0.6) is 0 Å². The fourth-order valence-electron chi connectivity index (χ4n) is 2.40. The number of carbonyl (C=O) groups is 2. The van der Waals surface area contributed by atoms with Gasteiger partial charge in [0.1, 0.15) is 0 Å². The van der Waals surface area contributed by atoms with Crippen LogP contribution in [0.25, 0.3) is 0 Å². The maximum Gasteiger partial charge on any atom is 0.222 e. The summed E-state index contributed by atoms with van der Waals surface area (Å²) in [5.74, 6) is 1.27. The lowest BCUT2D eigenvalue weighted by Crippen LogP contribution is -2.40. The van der Waals surface area contributed by atoms with Gasteiger partial charge in [-0.15, -0.1) is 0 Å². The van der Waals surface area contributed by atoms with Gasteiger partial charge in [0.2, 0.25) is 11.8 Å². The van der Waals surface area contributed by atoms with Gasteiger partial charge in [0.05, 0.1) is 0 Å². The molecule has 104 valence electrons. The SMILES string of the molecule is CCNC(=O)CC1CCN(C(=O)CC(C)C)CC1. The number of nitrogens with one attached hydrogen (secondary N) is 1. The Kier molecular flexibility index (Phi) is 6.16. The van der Waals surface area contributed by atoms with Crippen LogP contribution in [0.4, 0.5) is 0 Å². The number of nitrogens with zero attached hydrogens (tertiary/aromatic N) is 1. The van der Waals surface area contributed by atoms with Gasteiger partial charge < -0.3 is 10.2 Å². The Morgan fingerprint density at radius 3 is 2.39 bits per heavy atom. The van der Waals surface area contributed by atoms with Gasteiger partial charge in [-0.25, -0.2) is 0 Å². The smallest absolute Gasteiger partial charge is 0.222 e. The molecule has 1 aliphatic rings. The molecule has 0 bridgehead atoms. The molecule has 1 N–H and O–H groups in total. The van der Waals surface area contributed by atoms with Gasteiger partial charge in [-0.1, -0.05) is 13.8 Å². The summed E-state index contributed by atoms with van der Waals surface area (Å²) in [5.41, 5.74) is 0. The maximum atomic E-state index is 11.9. The van der Waals surface area contributed by atoms with Crippen LogP contribution in [0.3, 0.4) is 0 Å². The normalized spacial score (nSPS) is 17.0. The van der Waals surface area contributed by atoms with Crippen LogP contribution in [0.15, 0.2) is 0 Å². The molecule has 1 fully saturated rings. The Balaban J connectivity index is 2.28. The second-order valence-corrected chi connectivity index (χ2v) is 5.58. The number of carbonyl (C=O) groups excluding carboxylic acids is 2. The molecule has 4 nitrogen and oxygen atoms in total. The van der Waals surface area contributed by atoms with Gasteiger partial charge in [-0.2, -0.15) is 0 Å². The average molecular weight is 254 g/mol. The highest BCUT2D eigenvalue weighted by Gasteiger charge is 2.24. The molecule has 0 aromatic carbocycles. The number of rotatable bonds is 5. The lowest BCUT2D eigenvalue weighted by molar-refractivity contribution is -0.133. The number of likely N-dealkylation sites (tertiary alicyclic amines) is 1. The van der Waals surface area contributed by atoms with Crippen molar-refractivity contribution < 1.29 is 9.59 Å². The zero-order chi connectivity index (χ0) is 13.5. The van der Waals surface area contributed by atoms with Crippen LogP contribution < -0.4 is 5.32 Å². The van der Waals surface area contributed by atoms with Crippen molar-refractivity contribution in [3.05, 3.63) is 0 Å². The summed E-state index contributed by atoms with van der Waals surface area (Å²) >= 11 is 0. The monoisotopic (exact) mass is 254 g/mol. The van der Waals surface area contributed by atoms with Gasteiger partial charge in [0.15, 0.2) is 0 Å². The van der Waals surface area contributed by atoms with E-state index in [4.69, 9.17) is 0 Å². The van der Waals surface area contributed by atoms with Crippen molar-refractivity contribution in [3.63, 3.8) is 0 Å². The number of piperidine rings is 1. The lowest BCUT2D eigenvalue weighted by atomic mass is 9.92. The number of amides is 2. The predicted molar refractivity (Wildman–Crippen MR) is 72.1 cm³/mol. The van der Waals surface area contributed by atoms with Gasteiger partial charge in [-0.3, -0.25) is 9.59 Å². The van der Waals surface area contributed by atoms with Crippen LogP contribution >= 0.6 is 0 Å². The number of hydrogen-bond acceptors (Lipinski definition) is 2. The van der Waals surface area contributed by atoms with Crippen molar-refractivity contribution in [2.75, 3.05) is 19.6 Å². The summed E-state index contributed by atoms with van der Waals surface area (Å²) in [6, 6.07) is 0. The minimum atomic E-state index is 0.143. The van der Waals surface area contributed by atoms with Gasteiger partial charge >= 0.3 is 0 Å². The molecule has 2 amide bonds. The summed E-state index contributed by atoms with van der Waals surface area (Å²) in [6.07, 6.45) is 3.17. The first kappa shape index (κ1) is 15.0. The van der Waals surface area contributed by atoms with Crippen LogP contribution in [0, 0.1) is 11.8 Å². The molecule has 18 heavy (non-hydrogen) atoms. The van der Waals surface area contributed by atoms with E-state index in [1.807, 2.05) is 11.8 Å². The highest BCUT2D eigenvalue weighted by atomic mass is 16.2. The van der Waals surface area contributed by atoms with E-state index in [9.17, 15) is 9.59 Å². The molecule has 0 aliphatic carbocycles. The molecule has 0 aromatic heterocycles. The fourth-order valence-corrected chi connectivity index (χ4v) is 2.40. The van der Waals surface area contributed by atoms with E-state index < -0.39 is 0 Å². The first-order chi connectivity index (χ1) is 8.52. The van der Waals surface area contributed by atoms with Gasteiger partial charge in [-0.05, 0) is 31.6 Å². The third-order valence-electron chi connectivity index (χ3n) is 3.40. The number of hydrogen-bond donors (Lipinski definition) is 1. The molecule has 0 aromatic rings. The van der Waals surface area contributed by atoms with Crippen molar-refractivity contribution in [2.45, 2.75) is 46.5 Å². The zero-order valence-electron chi connectivity index (χ0n) is 11.9. The summed E-state index contributed by atoms with van der Waals surface area (Å²) in [7, 11) is 0. The molecule has 0 atom stereocenters. The minimum Gasteiger partial charge on any atom is -0.356 e. The standard InChI is InChI=1S/C14H26N2O2/c1-4-15-13(17)10-12-5-7-16(8-6-12)14(18)9-11(2)3/h11-12H,4-10H2,1-3H3,(H,15,17). The first-order valence-electron chi connectivity index (χ1n) is 7.07. The van der Waals surface area contributed by atoms with Crippen molar-refractivity contribution >= 4 is 11.8 Å². The van der Waals surface area contributed by atoms with Gasteiger partial charge in [0.25, 0.3) is 0 Å². The second kappa shape index (κ2) is 7.39. The molecule has 0 saturated carbocycles. The Morgan fingerprint density at radius 2 is 1.89 bits per heavy atom. The van der Waals surface area contributed by atoms with Crippen molar-refractivity contribution in [3.8, 4) is 0 Å².